The first-order valence-corrected chi connectivity index (χ1v) is 8.34. The fourth-order valence-electron chi connectivity index (χ4n) is 2.07. The molecule has 25 heavy (non-hydrogen) atoms. The number of nitrogens with one attached hydrogen (secondary N) is 1. The second kappa shape index (κ2) is 9.20. The van der Waals surface area contributed by atoms with Gasteiger partial charge in [0.2, 0.25) is 11.8 Å². The Morgan fingerprint density at radius 1 is 1.24 bits per heavy atom. The number of carbonyl (C=O) groups is 2. The van der Waals surface area contributed by atoms with Gasteiger partial charge in [-0.3, -0.25) is 9.59 Å². The molecule has 0 radical (unpaired) electrons. The molecule has 0 fully saturated rings. The van der Waals surface area contributed by atoms with E-state index in [4.69, 9.17) is 4.84 Å². The molecule has 6 heteroatoms. The van der Waals surface area contributed by atoms with Crippen LogP contribution < -0.4 is 5.32 Å². The van der Waals surface area contributed by atoms with E-state index in [9.17, 15) is 9.59 Å². The first kappa shape index (κ1) is 20.7. The number of rotatable bonds is 7. The highest BCUT2D eigenvalue weighted by molar-refractivity contribution is 5.96. The van der Waals surface area contributed by atoms with Crippen molar-refractivity contribution in [1.82, 2.24) is 10.2 Å². The highest BCUT2D eigenvalue weighted by Gasteiger charge is 2.34. The highest BCUT2D eigenvalue weighted by Crippen LogP contribution is 2.21. The van der Waals surface area contributed by atoms with Crippen LogP contribution in [0.15, 0.2) is 35.5 Å². The molecule has 0 saturated heterocycles. The van der Waals surface area contributed by atoms with Crippen LogP contribution in [0.5, 0.6) is 0 Å². The minimum Gasteiger partial charge on any atom is -0.391 e. The molecule has 0 aliphatic heterocycles. The first-order valence-electron chi connectivity index (χ1n) is 8.34. The molecule has 138 valence electrons. The topological polar surface area (TPSA) is 71.0 Å². The molecule has 1 unspecified atom stereocenters. The summed E-state index contributed by atoms with van der Waals surface area (Å²) in [5.74, 6) is -0.900. The molecule has 6 nitrogen and oxygen atoms in total. The van der Waals surface area contributed by atoms with Gasteiger partial charge in [0.05, 0.1) is 12.1 Å². The molecule has 0 bridgehead atoms. The van der Waals surface area contributed by atoms with E-state index in [1.54, 1.807) is 21.0 Å². The fourth-order valence-corrected chi connectivity index (χ4v) is 2.07. The van der Waals surface area contributed by atoms with E-state index in [0.717, 1.165) is 5.56 Å². The molecular weight excluding hydrogens is 318 g/mol. The molecule has 0 aromatic heterocycles. The number of nitrogens with zero attached hydrogens (tertiary/aromatic N) is 2. The van der Waals surface area contributed by atoms with Crippen LogP contribution in [0.1, 0.15) is 33.3 Å². The van der Waals surface area contributed by atoms with Gasteiger partial charge in [-0.25, -0.2) is 0 Å². The van der Waals surface area contributed by atoms with Gasteiger partial charge in [0, 0.05) is 14.1 Å². The van der Waals surface area contributed by atoms with Crippen molar-refractivity contribution in [2.24, 2.45) is 16.5 Å². The SMILES string of the molecule is CC(/C=N/OCc1ccccc1)C(=O)N[C@H](C(=O)N(C)C)C(C)(C)C. The van der Waals surface area contributed by atoms with Crippen molar-refractivity contribution < 1.29 is 14.4 Å². The molecule has 1 aromatic carbocycles. The summed E-state index contributed by atoms with van der Waals surface area (Å²) in [6.45, 7) is 7.81. The summed E-state index contributed by atoms with van der Waals surface area (Å²) in [6.07, 6.45) is 1.44. The highest BCUT2D eigenvalue weighted by atomic mass is 16.6. The maximum Gasteiger partial charge on any atom is 0.245 e. The van der Waals surface area contributed by atoms with E-state index in [2.05, 4.69) is 10.5 Å². The van der Waals surface area contributed by atoms with E-state index < -0.39 is 17.4 Å². The molecule has 0 aliphatic rings. The largest absolute Gasteiger partial charge is 0.391 e. The molecule has 0 saturated carbocycles. The Kier molecular flexibility index (Phi) is 7.61. The summed E-state index contributed by atoms with van der Waals surface area (Å²) in [6, 6.07) is 9.05. The lowest BCUT2D eigenvalue weighted by Gasteiger charge is -2.32. The molecule has 0 spiro atoms. The van der Waals surface area contributed by atoms with E-state index in [-0.39, 0.29) is 11.8 Å². The van der Waals surface area contributed by atoms with Gasteiger partial charge in [0.15, 0.2) is 0 Å². The summed E-state index contributed by atoms with van der Waals surface area (Å²) >= 11 is 0. The van der Waals surface area contributed by atoms with Crippen molar-refractivity contribution >= 4 is 18.0 Å². The van der Waals surface area contributed by atoms with Crippen LogP contribution in [-0.4, -0.2) is 43.1 Å². The van der Waals surface area contributed by atoms with Crippen LogP contribution in [-0.2, 0) is 21.0 Å². The Morgan fingerprint density at radius 2 is 1.84 bits per heavy atom. The third-order valence-corrected chi connectivity index (χ3v) is 3.69. The number of likely N-dealkylation sites (N-methyl/N-ethyl adjacent to an activating group) is 1. The molecule has 1 N–H and O–H groups in total. The van der Waals surface area contributed by atoms with Gasteiger partial charge in [0.25, 0.3) is 0 Å². The molecule has 2 atom stereocenters. The lowest BCUT2D eigenvalue weighted by atomic mass is 9.85. The smallest absolute Gasteiger partial charge is 0.245 e. The predicted octanol–water partition coefficient (Wildman–Crippen LogP) is 2.44. The monoisotopic (exact) mass is 347 g/mol. The van der Waals surface area contributed by atoms with Crippen molar-refractivity contribution in [3.05, 3.63) is 35.9 Å². The van der Waals surface area contributed by atoms with Gasteiger partial charge < -0.3 is 15.1 Å². The zero-order chi connectivity index (χ0) is 19.0. The van der Waals surface area contributed by atoms with Crippen LogP contribution in [0.2, 0.25) is 0 Å². The Morgan fingerprint density at radius 3 is 2.36 bits per heavy atom. The lowest BCUT2D eigenvalue weighted by molar-refractivity contribution is -0.137. The van der Waals surface area contributed by atoms with Gasteiger partial charge in [-0.1, -0.05) is 56.3 Å². The van der Waals surface area contributed by atoms with Crippen molar-refractivity contribution in [2.75, 3.05) is 14.1 Å². The van der Waals surface area contributed by atoms with Crippen molar-refractivity contribution in [3.8, 4) is 0 Å². The zero-order valence-electron chi connectivity index (χ0n) is 15.9. The van der Waals surface area contributed by atoms with Gasteiger partial charge in [-0.15, -0.1) is 0 Å². The number of benzene rings is 1. The van der Waals surface area contributed by atoms with Crippen molar-refractivity contribution in [1.29, 1.82) is 0 Å². The number of amides is 2. The Labute approximate surface area is 150 Å². The average Bonchev–Trinajstić information content (AvgIpc) is 2.55. The molecule has 1 rings (SSSR count). The molecular formula is C19H29N3O3. The summed E-state index contributed by atoms with van der Waals surface area (Å²) in [4.78, 5) is 31.4. The molecule has 1 aromatic rings. The number of oxime groups is 1. The molecule has 0 aliphatic carbocycles. The van der Waals surface area contributed by atoms with Crippen LogP contribution in [0.4, 0.5) is 0 Å². The molecule has 2 amide bonds. The first-order chi connectivity index (χ1) is 11.6. The summed E-state index contributed by atoms with van der Waals surface area (Å²) in [7, 11) is 3.35. The quantitative estimate of drug-likeness (QED) is 0.608. The number of carbonyl (C=O) groups excluding carboxylic acids is 2. The van der Waals surface area contributed by atoms with E-state index in [1.165, 1.54) is 11.1 Å². The second-order valence-electron chi connectivity index (χ2n) is 7.34. The average molecular weight is 347 g/mol. The molecule has 0 heterocycles. The normalized spacial score (nSPS) is 14.0. The zero-order valence-corrected chi connectivity index (χ0v) is 15.9. The third kappa shape index (κ3) is 6.95. The Balaban J connectivity index is 2.58. The minimum absolute atomic E-state index is 0.134. The fraction of sp³-hybridized carbons (Fsp3) is 0.526. The minimum atomic E-state index is -0.601. The number of hydrogen-bond acceptors (Lipinski definition) is 4. The van der Waals surface area contributed by atoms with E-state index in [0.29, 0.717) is 6.61 Å². The maximum atomic E-state index is 12.4. The predicted molar refractivity (Wildman–Crippen MR) is 99.0 cm³/mol. The summed E-state index contributed by atoms with van der Waals surface area (Å²) in [5.41, 5.74) is 0.610. The Hall–Kier alpha value is -2.37. The maximum absolute atomic E-state index is 12.4. The van der Waals surface area contributed by atoms with Gasteiger partial charge in [0.1, 0.15) is 12.6 Å². The van der Waals surface area contributed by atoms with Gasteiger partial charge >= 0.3 is 0 Å². The van der Waals surface area contributed by atoms with Crippen LogP contribution in [0.3, 0.4) is 0 Å². The van der Waals surface area contributed by atoms with Gasteiger partial charge in [-0.2, -0.15) is 0 Å². The van der Waals surface area contributed by atoms with E-state index in [1.807, 2.05) is 51.1 Å². The van der Waals surface area contributed by atoms with Crippen molar-refractivity contribution in [2.45, 2.75) is 40.3 Å². The van der Waals surface area contributed by atoms with Crippen molar-refractivity contribution in [3.63, 3.8) is 0 Å². The number of hydrogen-bond donors (Lipinski definition) is 1. The van der Waals surface area contributed by atoms with Crippen LogP contribution in [0, 0.1) is 11.3 Å². The standard InChI is InChI=1S/C19H29N3O3/c1-14(12-20-25-13-15-10-8-7-9-11-15)17(23)21-16(19(2,3)4)18(24)22(5)6/h7-12,14,16H,13H2,1-6H3,(H,21,23)/b20-12+/t14?,16-/m1/s1. The second-order valence-corrected chi connectivity index (χ2v) is 7.34. The summed E-state index contributed by atoms with van der Waals surface area (Å²) < 4.78 is 0. The Bertz CT molecular complexity index is 592. The summed E-state index contributed by atoms with van der Waals surface area (Å²) in [5, 5.41) is 6.68. The van der Waals surface area contributed by atoms with Gasteiger partial charge in [-0.05, 0) is 17.9 Å². The van der Waals surface area contributed by atoms with E-state index >= 15 is 0 Å². The van der Waals surface area contributed by atoms with Crippen LogP contribution in [0.25, 0.3) is 0 Å². The third-order valence-electron chi connectivity index (χ3n) is 3.69. The lowest BCUT2D eigenvalue weighted by Crippen LogP contribution is -2.54. The van der Waals surface area contributed by atoms with Crippen LogP contribution >= 0.6 is 0 Å².